The van der Waals surface area contributed by atoms with Crippen molar-refractivity contribution in [3.05, 3.63) is 60.2 Å². The zero-order valence-corrected chi connectivity index (χ0v) is 23.9. The van der Waals surface area contributed by atoms with Crippen LogP contribution in [0.1, 0.15) is 115 Å². The molecule has 0 radical (unpaired) electrons. The van der Waals surface area contributed by atoms with Gasteiger partial charge >= 0.3 is 0 Å². The first kappa shape index (κ1) is 28.4. The highest BCUT2D eigenvalue weighted by molar-refractivity contribution is 6.23. The fraction of sp³-hybridized carbons (Fsp3) is 0.528. The molecule has 0 saturated carbocycles. The lowest BCUT2D eigenvalue weighted by atomic mass is 9.91. The Hall–Kier alpha value is -2.61. The van der Waals surface area contributed by atoms with Gasteiger partial charge in [0.05, 0.1) is 0 Å². The highest BCUT2D eigenvalue weighted by atomic mass is 16.6. The molecule has 0 spiro atoms. The summed E-state index contributed by atoms with van der Waals surface area (Å²) < 4.78 is 0. The molecule has 0 heterocycles. The summed E-state index contributed by atoms with van der Waals surface area (Å²) in [6.45, 7) is 3.02. The minimum absolute atomic E-state index is 0.730. The van der Waals surface area contributed by atoms with Crippen molar-refractivity contribution in [2.24, 2.45) is 5.16 Å². The summed E-state index contributed by atoms with van der Waals surface area (Å²) in [6, 6.07) is 20.0. The van der Waals surface area contributed by atoms with Crippen LogP contribution in [0.25, 0.3) is 32.3 Å². The molecular weight excluding hydrogens is 462 g/mol. The van der Waals surface area contributed by atoms with E-state index < -0.39 is 0 Å². The van der Waals surface area contributed by atoms with E-state index in [0.717, 1.165) is 19.4 Å². The van der Waals surface area contributed by atoms with Crippen LogP contribution >= 0.6 is 0 Å². The number of nitrogens with zero attached hydrogens (tertiary/aromatic N) is 1. The molecule has 0 aliphatic carbocycles. The normalized spacial score (nSPS) is 12.0. The zero-order chi connectivity index (χ0) is 26.3. The fourth-order valence-electron chi connectivity index (χ4n) is 5.93. The highest BCUT2D eigenvalue weighted by Gasteiger charge is 2.10. The summed E-state index contributed by atoms with van der Waals surface area (Å²) in [5.41, 5.74) is 1.31. The van der Waals surface area contributed by atoms with Crippen LogP contribution in [0.4, 0.5) is 0 Å². The number of benzene rings is 4. The van der Waals surface area contributed by atoms with Crippen LogP contribution in [0.2, 0.25) is 0 Å². The molecular formula is C36H49NO. The molecule has 0 unspecified atom stereocenters. The van der Waals surface area contributed by atoms with E-state index in [-0.39, 0.29) is 0 Å². The van der Waals surface area contributed by atoms with Crippen molar-refractivity contribution in [3.63, 3.8) is 0 Å². The monoisotopic (exact) mass is 511 g/mol. The maximum Gasteiger partial charge on any atom is 0.117 e. The van der Waals surface area contributed by atoms with Gasteiger partial charge in [-0.15, -0.1) is 0 Å². The molecule has 38 heavy (non-hydrogen) atoms. The average Bonchev–Trinajstić information content (AvgIpc) is 2.95. The maximum absolute atomic E-state index is 5.57. The van der Waals surface area contributed by atoms with Gasteiger partial charge in [0.25, 0.3) is 0 Å². The Labute approximate surface area is 231 Å². The van der Waals surface area contributed by atoms with E-state index in [4.69, 9.17) is 4.84 Å². The summed E-state index contributed by atoms with van der Waals surface area (Å²) in [6.07, 6.45) is 24.9. The second-order valence-corrected chi connectivity index (χ2v) is 11.2. The van der Waals surface area contributed by atoms with E-state index in [1.807, 2.05) is 6.21 Å². The van der Waals surface area contributed by atoms with Crippen LogP contribution in [-0.2, 0) is 11.3 Å². The van der Waals surface area contributed by atoms with Crippen molar-refractivity contribution in [2.75, 3.05) is 6.61 Å². The van der Waals surface area contributed by atoms with Gasteiger partial charge in [-0.1, -0.05) is 157 Å². The maximum atomic E-state index is 5.57. The Kier molecular flexibility index (Phi) is 12.2. The van der Waals surface area contributed by atoms with Crippen molar-refractivity contribution in [1.29, 1.82) is 0 Å². The molecule has 0 bridgehead atoms. The Morgan fingerprint density at radius 3 is 1.66 bits per heavy atom. The molecule has 4 rings (SSSR count). The molecule has 204 valence electrons. The molecule has 4 aromatic rings. The van der Waals surface area contributed by atoms with Gasteiger partial charge in [-0.3, -0.25) is 0 Å². The van der Waals surface area contributed by atoms with Crippen LogP contribution in [0.3, 0.4) is 0 Å². The van der Waals surface area contributed by atoms with Gasteiger partial charge in [0.15, 0.2) is 0 Å². The van der Waals surface area contributed by atoms with Crippen LogP contribution in [0.15, 0.2) is 59.8 Å². The Morgan fingerprint density at radius 1 is 0.553 bits per heavy atom. The lowest BCUT2D eigenvalue weighted by molar-refractivity contribution is 0.140. The van der Waals surface area contributed by atoms with Crippen LogP contribution in [0, 0.1) is 0 Å². The van der Waals surface area contributed by atoms with Crippen molar-refractivity contribution >= 4 is 38.5 Å². The molecule has 0 aliphatic heterocycles. The van der Waals surface area contributed by atoms with Crippen LogP contribution in [0.5, 0.6) is 0 Å². The van der Waals surface area contributed by atoms with E-state index in [1.165, 1.54) is 134 Å². The van der Waals surface area contributed by atoms with E-state index in [0.29, 0.717) is 0 Å². The Bertz CT molecular complexity index is 1210. The van der Waals surface area contributed by atoms with Crippen molar-refractivity contribution in [3.8, 4) is 0 Å². The molecule has 0 aromatic heterocycles. The molecule has 2 heteroatoms. The predicted molar refractivity (Wildman–Crippen MR) is 168 cm³/mol. The summed E-state index contributed by atoms with van der Waals surface area (Å²) in [4.78, 5) is 5.57. The van der Waals surface area contributed by atoms with Crippen molar-refractivity contribution < 1.29 is 4.84 Å². The van der Waals surface area contributed by atoms with E-state index in [9.17, 15) is 0 Å². The number of hydrogen-bond acceptors (Lipinski definition) is 2. The minimum atomic E-state index is 0.730. The number of rotatable bonds is 20. The lowest BCUT2D eigenvalue weighted by Gasteiger charge is -2.13. The third kappa shape index (κ3) is 8.45. The number of unbranched alkanes of at least 4 members (excludes halogenated alkanes) is 15. The molecule has 2 nitrogen and oxygen atoms in total. The summed E-state index contributed by atoms with van der Waals surface area (Å²) >= 11 is 0. The van der Waals surface area contributed by atoms with Gasteiger partial charge in [0.2, 0.25) is 0 Å². The molecule has 0 amide bonds. The third-order valence-electron chi connectivity index (χ3n) is 8.17. The standard InChI is InChI=1S/C36H49NO/c1-2-3-4-5-6-7-8-9-10-11-12-13-14-15-16-17-29-38-37-28-27-30-21-22-33-24-23-31-19-18-20-32-25-26-34(30)36(33)35(31)32/h18-26,28H,2-17,27,29H2,1H3. The average molecular weight is 512 g/mol. The Balaban J connectivity index is 1.03. The summed E-state index contributed by atoms with van der Waals surface area (Å²) in [7, 11) is 0. The predicted octanol–water partition coefficient (Wildman–Crippen LogP) is 11.4. The first-order valence-electron chi connectivity index (χ1n) is 15.7. The molecule has 0 atom stereocenters. The topological polar surface area (TPSA) is 21.6 Å². The van der Waals surface area contributed by atoms with Crippen molar-refractivity contribution in [1.82, 2.24) is 0 Å². The Morgan fingerprint density at radius 2 is 1.05 bits per heavy atom. The van der Waals surface area contributed by atoms with Gasteiger partial charge in [0.1, 0.15) is 6.61 Å². The van der Waals surface area contributed by atoms with Crippen LogP contribution < -0.4 is 0 Å². The second kappa shape index (κ2) is 16.4. The lowest BCUT2D eigenvalue weighted by Crippen LogP contribution is -1.93. The van der Waals surface area contributed by atoms with E-state index in [2.05, 4.69) is 66.7 Å². The third-order valence-corrected chi connectivity index (χ3v) is 8.17. The number of hydrogen-bond donors (Lipinski definition) is 0. The number of oxime groups is 1. The molecule has 0 N–H and O–H groups in total. The van der Waals surface area contributed by atoms with E-state index >= 15 is 0 Å². The second-order valence-electron chi connectivity index (χ2n) is 11.2. The van der Waals surface area contributed by atoms with Crippen LogP contribution in [-0.4, -0.2) is 12.8 Å². The first-order chi connectivity index (χ1) is 18.9. The molecule has 0 fully saturated rings. The molecule has 0 aliphatic rings. The SMILES string of the molecule is CCCCCCCCCCCCCCCCCCON=CCc1ccc2ccc3cccc4ccc1c2c34. The smallest absolute Gasteiger partial charge is 0.117 e. The quantitative estimate of drug-likeness (QED) is 0.0500. The first-order valence-corrected chi connectivity index (χ1v) is 15.7. The minimum Gasteiger partial charge on any atom is -0.396 e. The van der Waals surface area contributed by atoms with Crippen molar-refractivity contribution in [2.45, 2.75) is 116 Å². The molecule has 4 aromatic carbocycles. The zero-order valence-electron chi connectivity index (χ0n) is 23.9. The van der Waals surface area contributed by atoms with E-state index in [1.54, 1.807) is 0 Å². The summed E-state index contributed by atoms with van der Waals surface area (Å²) in [5.74, 6) is 0. The summed E-state index contributed by atoms with van der Waals surface area (Å²) in [5, 5.41) is 12.3. The van der Waals surface area contributed by atoms with Gasteiger partial charge in [-0.25, -0.2) is 0 Å². The fourth-order valence-corrected chi connectivity index (χ4v) is 5.93. The van der Waals surface area contributed by atoms with Gasteiger partial charge < -0.3 is 4.84 Å². The van der Waals surface area contributed by atoms with Gasteiger partial charge in [0, 0.05) is 12.6 Å². The van der Waals surface area contributed by atoms with Gasteiger partial charge in [-0.2, -0.15) is 0 Å². The largest absolute Gasteiger partial charge is 0.396 e. The van der Waals surface area contributed by atoms with Gasteiger partial charge in [-0.05, 0) is 50.7 Å². The highest BCUT2D eigenvalue weighted by Crippen LogP contribution is 2.35. The molecule has 0 saturated heterocycles.